The number of benzene rings is 1. The third-order valence-electron chi connectivity index (χ3n) is 3.85. The topological polar surface area (TPSA) is 102 Å². The molecule has 1 aromatic carbocycles. The Morgan fingerprint density at radius 1 is 1.35 bits per heavy atom. The van der Waals surface area contributed by atoms with Crippen LogP contribution in [-0.4, -0.2) is 58.1 Å². The molecule has 0 bridgehead atoms. The lowest BCUT2D eigenvalue weighted by atomic mass is 10.1. The number of ether oxygens (including phenoxy) is 1. The first-order valence-corrected chi connectivity index (χ1v) is 9.03. The van der Waals surface area contributed by atoms with Gasteiger partial charge in [-0.3, -0.25) is 4.79 Å². The van der Waals surface area contributed by atoms with Gasteiger partial charge < -0.3 is 15.4 Å². The van der Waals surface area contributed by atoms with Gasteiger partial charge in [0.1, 0.15) is 6.04 Å². The van der Waals surface area contributed by atoms with Crippen LogP contribution in [0.4, 0.5) is 0 Å². The maximum Gasteiger partial charge on any atom is 0.241 e. The van der Waals surface area contributed by atoms with E-state index in [2.05, 4.69) is 4.72 Å². The number of hydrogen-bond donors (Lipinski definition) is 2. The summed E-state index contributed by atoms with van der Waals surface area (Å²) in [7, 11) is -2.02. The minimum absolute atomic E-state index is 0.156. The molecule has 1 aliphatic heterocycles. The van der Waals surface area contributed by atoms with Crippen LogP contribution in [0.15, 0.2) is 35.2 Å². The van der Waals surface area contributed by atoms with Crippen LogP contribution in [0.5, 0.6) is 0 Å². The lowest BCUT2D eigenvalue weighted by Gasteiger charge is -2.33. The highest BCUT2D eigenvalue weighted by molar-refractivity contribution is 7.89. The van der Waals surface area contributed by atoms with Crippen molar-refractivity contribution in [2.24, 2.45) is 5.73 Å². The maximum atomic E-state index is 12.3. The molecule has 1 amide bonds. The van der Waals surface area contributed by atoms with Gasteiger partial charge in [-0.1, -0.05) is 18.2 Å². The van der Waals surface area contributed by atoms with Crippen LogP contribution >= 0.6 is 0 Å². The molecule has 2 rings (SSSR count). The van der Waals surface area contributed by atoms with Gasteiger partial charge in [-0.25, -0.2) is 13.1 Å². The zero-order valence-corrected chi connectivity index (χ0v) is 14.0. The summed E-state index contributed by atoms with van der Waals surface area (Å²) in [6, 6.07) is 7.42. The fourth-order valence-corrected chi connectivity index (χ4v) is 3.92. The first-order chi connectivity index (χ1) is 10.9. The molecule has 1 aliphatic rings. The molecule has 0 spiro atoms. The lowest BCUT2D eigenvalue weighted by Crippen LogP contribution is -2.52. The number of amides is 1. The minimum Gasteiger partial charge on any atom is -0.383 e. The van der Waals surface area contributed by atoms with Crippen LogP contribution in [0.1, 0.15) is 12.8 Å². The van der Waals surface area contributed by atoms with Gasteiger partial charge in [-0.15, -0.1) is 0 Å². The highest BCUT2D eigenvalue weighted by Crippen LogP contribution is 2.15. The Morgan fingerprint density at radius 3 is 2.52 bits per heavy atom. The van der Waals surface area contributed by atoms with Crippen molar-refractivity contribution in [3.05, 3.63) is 30.3 Å². The zero-order valence-electron chi connectivity index (χ0n) is 13.1. The number of carbonyl (C=O) groups is 1. The number of nitrogens with zero attached hydrogens (tertiary/aromatic N) is 1. The summed E-state index contributed by atoms with van der Waals surface area (Å²) < 4.78 is 32.2. The molecular formula is C15H23N3O4S. The second kappa shape index (κ2) is 7.87. The monoisotopic (exact) mass is 341 g/mol. The van der Waals surface area contributed by atoms with E-state index in [4.69, 9.17) is 10.5 Å². The quantitative estimate of drug-likeness (QED) is 0.754. The summed E-state index contributed by atoms with van der Waals surface area (Å²) in [5.41, 5.74) is 5.74. The van der Waals surface area contributed by atoms with E-state index in [9.17, 15) is 13.2 Å². The zero-order chi connectivity index (χ0) is 16.9. The molecule has 1 heterocycles. The Bertz CT molecular complexity index is 613. The van der Waals surface area contributed by atoms with Gasteiger partial charge in [-0.05, 0) is 25.0 Å². The second-order valence-electron chi connectivity index (χ2n) is 5.60. The van der Waals surface area contributed by atoms with E-state index >= 15 is 0 Å². The summed E-state index contributed by atoms with van der Waals surface area (Å²) in [6.45, 7) is 1.15. The molecule has 1 unspecified atom stereocenters. The number of rotatable bonds is 6. The van der Waals surface area contributed by atoms with Crippen molar-refractivity contribution in [3.8, 4) is 0 Å². The van der Waals surface area contributed by atoms with E-state index in [1.165, 1.54) is 7.11 Å². The number of nitrogens with one attached hydrogen (secondary N) is 1. The average molecular weight is 341 g/mol. The molecule has 1 fully saturated rings. The summed E-state index contributed by atoms with van der Waals surface area (Å²) in [6.07, 6.45) is 1.13. The molecule has 8 heteroatoms. The van der Waals surface area contributed by atoms with E-state index in [-0.39, 0.29) is 23.5 Å². The SMILES string of the molecule is COCC(N)C(=O)N1CCC(NS(=O)(=O)c2ccccc2)CC1. The smallest absolute Gasteiger partial charge is 0.241 e. The van der Waals surface area contributed by atoms with Crippen molar-refractivity contribution in [1.82, 2.24) is 9.62 Å². The van der Waals surface area contributed by atoms with Crippen molar-refractivity contribution in [2.75, 3.05) is 26.8 Å². The van der Waals surface area contributed by atoms with E-state index in [1.807, 2.05) is 0 Å². The molecule has 1 atom stereocenters. The molecule has 0 aliphatic carbocycles. The van der Waals surface area contributed by atoms with Crippen molar-refractivity contribution in [2.45, 2.75) is 29.8 Å². The van der Waals surface area contributed by atoms with Crippen LogP contribution in [0, 0.1) is 0 Å². The minimum atomic E-state index is -3.52. The normalized spacial score (nSPS) is 17.9. The van der Waals surface area contributed by atoms with Crippen molar-refractivity contribution in [1.29, 1.82) is 0 Å². The van der Waals surface area contributed by atoms with Crippen molar-refractivity contribution in [3.63, 3.8) is 0 Å². The molecule has 0 radical (unpaired) electrons. The van der Waals surface area contributed by atoms with Gasteiger partial charge in [-0.2, -0.15) is 0 Å². The Balaban J connectivity index is 1.89. The molecule has 1 aromatic rings. The number of likely N-dealkylation sites (tertiary alicyclic amines) is 1. The Hall–Kier alpha value is -1.48. The highest BCUT2D eigenvalue weighted by Gasteiger charge is 2.28. The maximum absolute atomic E-state index is 12.3. The standard InChI is InChI=1S/C15H23N3O4S/c1-22-11-14(16)15(19)18-9-7-12(8-10-18)17-23(20,21)13-5-3-2-4-6-13/h2-6,12,14,17H,7-11,16H2,1H3. The van der Waals surface area contributed by atoms with Crippen molar-refractivity contribution < 1.29 is 17.9 Å². The first kappa shape index (κ1) is 17.9. The lowest BCUT2D eigenvalue weighted by molar-refractivity contribution is -0.134. The average Bonchev–Trinajstić information content (AvgIpc) is 2.55. The molecular weight excluding hydrogens is 318 g/mol. The van der Waals surface area contributed by atoms with Crippen LogP contribution in [-0.2, 0) is 19.6 Å². The van der Waals surface area contributed by atoms with E-state index < -0.39 is 16.1 Å². The van der Waals surface area contributed by atoms with Crippen LogP contribution in [0.2, 0.25) is 0 Å². The summed E-state index contributed by atoms with van der Waals surface area (Å²) >= 11 is 0. The summed E-state index contributed by atoms with van der Waals surface area (Å²) in [5, 5.41) is 0. The second-order valence-corrected chi connectivity index (χ2v) is 7.31. The van der Waals surface area contributed by atoms with Gasteiger partial charge in [0.15, 0.2) is 0 Å². The van der Waals surface area contributed by atoms with Crippen LogP contribution in [0.3, 0.4) is 0 Å². The molecule has 7 nitrogen and oxygen atoms in total. The predicted molar refractivity (Wildman–Crippen MR) is 86.2 cm³/mol. The number of sulfonamides is 1. The number of methoxy groups -OCH3 is 1. The predicted octanol–water partition coefficient (Wildman–Crippen LogP) is -0.0704. The largest absolute Gasteiger partial charge is 0.383 e. The fourth-order valence-electron chi connectivity index (χ4n) is 2.59. The van der Waals surface area contributed by atoms with Crippen molar-refractivity contribution >= 4 is 15.9 Å². The molecule has 0 aromatic heterocycles. The molecule has 1 saturated heterocycles. The third kappa shape index (κ3) is 4.74. The van der Waals surface area contributed by atoms with Crippen LogP contribution in [0.25, 0.3) is 0 Å². The fraction of sp³-hybridized carbons (Fsp3) is 0.533. The first-order valence-electron chi connectivity index (χ1n) is 7.54. The molecule has 3 N–H and O–H groups in total. The van der Waals surface area contributed by atoms with Gasteiger partial charge in [0.05, 0.1) is 11.5 Å². The molecule has 23 heavy (non-hydrogen) atoms. The Labute approximate surface area is 136 Å². The van der Waals surface area contributed by atoms with E-state index in [0.29, 0.717) is 25.9 Å². The molecule has 0 saturated carbocycles. The number of hydrogen-bond acceptors (Lipinski definition) is 5. The van der Waals surface area contributed by atoms with Gasteiger partial charge in [0.25, 0.3) is 0 Å². The van der Waals surface area contributed by atoms with Gasteiger partial charge >= 0.3 is 0 Å². The highest BCUT2D eigenvalue weighted by atomic mass is 32.2. The Morgan fingerprint density at radius 2 is 1.96 bits per heavy atom. The number of piperidine rings is 1. The summed E-state index contributed by atoms with van der Waals surface area (Å²) in [4.78, 5) is 14.0. The van der Waals surface area contributed by atoms with Gasteiger partial charge in [0.2, 0.25) is 15.9 Å². The van der Waals surface area contributed by atoms with Gasteiger partial charge in [0, 0.05) is 26.2 Å². The van der Waals surface area contributed by atoms with E-state index in [1.54, 1.807) is 35.2 Å². The third-order valence-corrected chi connectivity index (χ3v) is 5.38. The summed E-state index contributed by atoms with van der Waals surface area (Å²) in [5.74, 6) is -0.156. The van der Waals surface area contributed by atoms with E-state index in [0.717, 1.165) is 0 Å². The van der Waals surface area contributed by atoms with Crippen LogP contribution < -0.4 is 10.5 Å². The number of carbonyl (C=O) groups excluding carboxylic acids is 1. The number of nitrogens with two attached hydrogens (primary N) is 1. The molecule has 128 valence electrons. The Kier molecular flexibility index (Phi) is 6.11.